The average Bonchev–Trinajstić information content (AvgIpc) is 3.83. The van der Waals surface area contributed by atoms with Crippen LogP contribution in [0.25, 0.3) is 33.4 Å². The van der Waals surface area contributed by atoms with Gasteiger partial charge in [0.1, 0.15) is 23.0 Å². The molecule has 8 rings (SSSR count). The van der Waals surface area contributed by atoms with E-state index in [-0.39, 0.29) is 64.3 Å². The molecular weight excluding hydrogens is 987 g/mol. The van der Waals surface area contributed by atoms with E-state index in [2.05, 4.69) is 62.0 Å². The topological polar surface area (TPSA) is 224 Å². The summed E-state index contributed by atoms with van der Waals surface area (Å²) in [6.07, 6.45) is 15.5. The summed E-state index contributed by atoms with van der Waals surface area (Å²) in [5, 5.41) is 41.5. The molecule has 1 heterocycles. The maximum atomic E-state index is 14.8. The first-order valence-corrected chi connectivity index (χ1v) is 28.0. The van der Waals surface area contributed by atoms with Crippen LogP contribution in [0.2, 0.25) is 0 Å². The molecule has 5 aliphatic carbocycles. The van der Waals surface area contributed by atoms with Gasteiger partial charge in [0, 0.05) is 59.5 Å². The molecule has 2 amide bonds. The lowest BCUT2D eigenvalue weighted by atomic mass is 9.47. The Hall–Kier alpha value is -6.00. The van der Waals surface area contributed by atoms with Crippen LogP contribution in [0.5, 0.6) is 5.75 Å². The molecule has 77 heavy (non-hydrogen) atoms. The van der Waals surface area contributed by atoms with Gasteiger partial charge in [-0.3, -0.25) is 34.1 Å². The minimum Gasteiger partial charge on any atom is -0.505 e. The van der Waals surface area contributed by atoms with Crippen molar-refractivity contribution in [3.63, 3.8) is 0 Å². The summed E-state index contributed by atoms with van der Waals surface area (Å²) in [6, 6.07) is 7.08. The van der Waals surface area contributed by atoms with Crippen molar-refractivity contribution < 1.29 is 52.5 Å². The summed E-state index contributed by atoms with van der Waals surface area (Å²) in [4.78, 5) is 76.8. The van der Waals surface area contributed by atoms with Crippen LogP contribution in [0, 0.1) is 64.9 Å². The van der Waals surface area contributed by atoms with Crippen molar-refractivity contribution in [1.29, 1.82) is 0 Å². The molecule has 7 N–H and O–H groups in total. The number of carbonyl (C=O) groups is 5. The smallest absolute Gasteiger partial charge is 0.303 e. The molecule has 1 aliphatic heterocycles. The summed E-state index contributed by atoms with van der Waals surface area (Å²) in [5.41, 5.74) is 0.580. The number of phenols is 1. The van der Waals surface area contributed by atoms with Gasteiger partial charge in [-0.05, 0) is 166 Å². The first kappa shape index (κ1) is 57.2. The molecule has 0 bridgehead atoms. The summed E-state index contributed by atoms with van der Waals surface area (Å²) in [7, 11) is 0. The van der Waals surface area contributed by atoms with Gasteiger partial charge in [0.2, 0.25) is 11.3 Å². The fourth-order valence-corrected chi connectivity index (χ4v) is 14.6. The van der Waals surface area contributed by atoms with Crippen molar-refractivity contribution in [2.45, 2.75) is 162 Å². The van der Waals surface area contributed by atoms with Crippen LogP contribution in [0.15, 0.2) is 63.3 Å². The molecule has 0 saturated heterocycles. The van der Waals surface area contributed by atoms with Gasteiger partial charge in [-0.25, -0.2) is 8.78 Å². The van der Waals surface area contributed by atoms with Crippen LogP contribution < -0.4 is 26.7 Å². The molecule has 0 aromatic heterocycles. The normalized spacial score (nSPS) is 25.5. The van der Waals surface area contributed by atoms with Gasteiger partial charge in [0.05, 0.1) is 0 Å². The monoisotopic (exact) mass is 1060 g/mol. The molecule has 14 nitrogen and oxygen atoms in total. The van der Waals surface area contributed by atoms with E-state index in [0.717, 1.165) is 73.1 Å². The largest absolute Gasteiger partial charge is 0.505 e. The molecule has 0 radical (unpaired) electrons. The molecule has 16 heteroatoms. The molecular formula is C61H78F2N4O10. The Morgan fingerprint density at radius 3 is 2.35 bits per heavy atom. The van der Waals surface area contributed by atoms with E-state index in [1.165, 1.54) is 69.6 Å². The predicted molar refractivity (Wildman–Crippen MR) is 290 cm³/mol. The Labute approximate surface area is 450 Å². The van der Waals surface area contributed by atoms with Crippen molar-refractivity contribution in [2.75, 3.05) is 13.1 Å². The Morgan fingerprint density at radius 1 is 0.870 bits per heavy atom. The lowest BCUT2D eigenvalue weighted by Crippen LogP contribution is -2.64. The number of aromatic hydroxyl groups is 1. The second-order valence-electron chi connectivity index (χ2n) is 24.0. The van der Waals surface area contributed by atoms with Gasteiger partial charge < -0.3 is 35.7 Å². The number of fused-ring (bicyclic) bond motifs is 7. The third-order valence-corrected chi connectivity index (χ3v) is 18.7. The number of aliphatic carboxylic acids is 2. The van der Waals surface area contributed by atoms with Crippen molar-refractivity contribution >= 4 is 41.0 Å². The van der Waals surface area contributed by atoms with Crippen LogP contribution >= 0.6 is 0 Å². The summed E-state index contributed by atoms with van der Waals surface area (Å²) >= 11 is 0. The molecule has 2 aromatic carbocycles. The third-order valence-electron chi connectivity index (χ3n) is 18.7. The Balaban J connectivity index is 0.897. The first-order chi connectivity index (χ1) is 36.6. The number of aldehydes is 1. The summed E-state index contributed by atoms with van der Waals surface area (Å²) in [5.74, 6) is -2.38. The highest BCUT2D eigenvalue weighted by atomic mass is 19.1. The number of allylic oxidation sites excluding steroid dienone is 1. The predicted octanol–water partition coefficient (Wildman–Crippen LogP) is 10.7. The zero-order valence-electron chi connectivity index (χ0n) is 45.5. The quantitative estimate of drug-likeness (QED) is 0.0121. The Morgan fingerprint density at radius 2 is 1.64 bits per heavy atom. The zero-order chi connectivity index (χ0) is 55.6. The number of carboxylic acids is 2. The number of nitrogens with one attached hydrogen (secondary N) is 4. The van der Waals surface area contributed by atoms with E-state index in [1.807, 2.05) is 0 Å². The van der Waals surface area contributed by atoms with Gasteiger partial charge in [-0.2, -0.15) is 0 Å². The van der Waals surface area contributed by atoms with Gasteiger partial charge in [-0.1, -0.05) is 71.6 Å². The number of hydrogen-bond acceptors (Lipinski definition) is 10. The number of carboxylic acid groups (broad SMARTS) is 2. The summed E-state index contributed by atoms with van der Waals surface area (Å²) < 4.78 is 35.3. The van der Waals surface area contributed by atoms with Crippen LogP contribution in [-0.4, -0.2) is 76.2 Å². The minimum absolute atomic E-state index is 0.00526. The minimum atomic E-state index is -1.87. The van der Waals surface area contributed by atoms with Crippen molar-refractivity contribution in [1.82, 2.24) is 21.3 Å². The van der Waals surface area contributed by atoms with E-state index < -0.39 is 71.1 Å². The fraction of sp³-hybridized carbons (Fsp3) is 0.574. The number of hydrogen-bond donors (Lipinski definition) is 7. The Bertz CT molecular complexity index is 2940. The molecule has 416 valence electrons. The number of halogens is 2. The zero-order valence-corrected chi connectivity index (χ0v) is 45.5. The maximum absolute atomic E-state index is 14.8. The molecule has 3 saturated carbocycles. The number of benzene rings is 3. The maximum Gasteiger partial charge on any atom is 0.303 e. The van der Waals surface area contributed by atoms with Crippen LogP contribution in [0.4, 0.5) is 8.78 Å². The van der Waals surface area contributed by atoms with E-state index in [9.17, 15) is 52.9 Å². The van der Waals surface area contributed by atoms with E-state index in [1.54, 1.807) is 12.5 Å². The van der Waals surface area contributed by atoms with E-state index in [4.69, 9.17) is 4.42 Å². The van der Waals surface area contributed by atoms with Gasteiger partial charge in [0.25, 0.3) is 5.91 Å². The van der Waals surface area contributed by atoms with Crippen LogP contribution in [0.3, 0.4) is 0 Å². The van der Waals surface area contributed by atoms with Crippen LogP contribution in [0.1, 0.15) is 153 Å². The first-order valence-electron chi connectivity index (χ1n) is 28.0. The highest BCUT2D eigenvalue weighted by Crippen LogP contribution is 2.67. The number of phenolic OH excluding ortho intramolecular Hbond substituents is 1. The molecule has 0 spiro atoms. The number of aryl methyl sites for hydroxylation is 1. The highest BCUT2D eigenvalue weighted by molar-refractivity contribution is 6.04. The van der Waals surface area contributed by atoms with E-state index in [0.29, 0.717) is 41.7 Å². The molecule has 10 atom stereocenters. The van der Waals surface area contributed by atoms with Gasteiger partial charge in [0.15, 0.2) is 23.7 Å². The number of amides is 2. The second-order valence-corrected chi connectivity index (χ2v) is 24.0. The third kappa shape index (κ3) is 12.2. The molecule has 3 fully saturated rings. The highest BCUT2D eigenvalue weighted by Gasteiger charge is 2.59. The van der Waals surface area contributed by atoms with Crippen molar-refractivity contribution in [3.05, 3.63) is 87.1 Å². The molecule has 6 aliphatic rings. The van der Waals surface area contributed by atoms with Crippen molar-refractivity contribution in [2.24, 2.45) is 46.3 Å². The lowest BCUT2D eigenvalue weighted by Gasteiger charge is -2.58. The number of carbonyl (C=O) groups excluding carboxylic acids is 3. The van der Waals surface area contributed by atoms with Gasteiger partial charge in [-0.15, -0.1) is 0 Å². The second kappa shape index (κ2) is 23.5. The number of rotatable bonds is 23. The van der Waals surface area contributed by atoms with Crippen molar-refractivity contribution in [3.8, 4) is 28.2 Å². The van der Waals surface area contributed by atoms with Gasteiger partial charge >= 0.3 is 11.9 Å². The lowest BCUT2D eigenvalue weighted by molar-refractivity contribution is -0.139. The average molecular weight is 1070 g/mol. The Kier molecular flexibility index (Phi) is 17.5. The SMILES string of the molecule is Cc1cc(C(=O)N[C@@H](CCC(=O)O)C(=O)N[C@](C=O)(CCC(=O)O)NCCCN[C@H]2CC[C@@]3(C)C(=CCC4C3CC[C@@]3(C)C4CC[C@@H]3[C@H](C)CCCC(C)C)C2)ccc1-c1c2cc(F)c(=O)cc-2oc2cc(O)c(F)cc12. The fourth-order valence-electron chi connectivity index (χ4n) is 14.6. The molecule has 3 unspecified atom stereocenters. The standard InChI is InChI=1S/C61H78F2N4O10/c1-34(2)9-7-10-35(3)44-15-16-45-41-14-12-38-28-39(19-22-59(38,5)46(41)20-23-60(44,45)6)64-25-8-26-65-61(33-68,24-21-55(73)74)67-58(76)49(17-18-54(71)72)66-57(75)37-11-13-40(36(4)27-37)56-42-29-47(62)50(69)31-52(42)77-53-32-51(70)48(63)30-43(53)56/h11-13,27,29-35,39,41,44-46,49,64-65,69H,7-10,14-26,28H2,1-6H3,(H,66,75)(H,67,76)(H,71,72)(H,73,74)/t35-,39+,41?,44-,45?,46?,49+,59+,60-,61+/m1/s1. The molecule has 2 aromatic rings. The van der Waals surface area contributed by atoms with E-state index >= 15 is 0 Å². The van der Waals surface area contributed by atoms with Crippen LogP contribution in [-0.2, 0) is 19.2 Å². The summed E-state index contributed by atoms with van der Waals surface area (Å²) in [6.45, 7) is 14.8.